The molecule has 0 saturated heterocycles. The maximum atomic E-state index is 5.96. The van der Waals surface area contributed by atoms with E-state index in [9.17, 15) is 0 Å². The number of nitrogen functional groups attached to an aromatic ring is 1. The van der Waals surface area contributed by atoms with Gasteiger partial charge in [0.2, 0.25) is 0 Å². The van der Waals surface area contributed by atoms with Crippen molar-refractivity contribution in [3.63, 3.8) is 0 Å². The molecule has 0 spiro atoms. The van der Waals surface area contributed by atoms with E-state index in [0.717, 1.165) is 12.2 Å². The Morgan fingerprint density at radius 3 is 2.59 bits per heavy atom. The predicted octanol–water partition coefficient (Wildman–Crippen LogP) is 3.20. The number of hydrogen-bond acceptors (Lipinski definition) is 3. The van der Waals surface area contributed by atoms with Crippen LogP contribution in [0.15, 0.2) is 18.2 Å². The van der Waals surface area contributed by atoms with Crippen LogP contribution >= 0.6 is 0 Å². The molecule has 0 radical (unpaired) electrons. The van der Waals surface area contributed by atoms with Gasteiger partial charge in [-0.15, -0.1) is 0 Å². The second-order valence-corrected chi connectivity index (χ2v) is 4.15. The maximum absolute atomic E-state index is 5.96. The standard InChI is InChI=1S/C14H23NO2/c1-4-11(3)12-6-7-14(13(15)10-12)17-9-8-16-5-2/h6-7,10-11H,4-5,8-9,15H2,1-3H3. The summed E-state index contributed by atoms with van der Waals surface area (Å²) >= 11 is 0. The fourth-order valence-corrected chi connectivity index (χ4v) is 1.60. The summed E-state index contributed by atoms with van der Waals surface area (Å²) in [6.45, 7) is 8.20. The van der Waals surface area contributed by atoms with Gasteiger partial charge in [-0.25, -0.2) is 0 Å². The van der Waals surface area contributed by atoms with Gasteiger partial charge in [0.25, 0.3) is 0 Å². The van der Waals surface area contributed by atoms with Crippen molar-refractivity contribution in [3.05, 3.63) is 23.8 Å². The van der Waals surface area contributed by atoms with E-state index in [1.54, 1.807) is 0 Å². The van der Waals surface area contributed by atoms with Gasteiger partial charge in [0, 0.05) is 6.61 Å². The fourth-order valence-electron chi connectivity index (χ4n) is 1.60. The number of benzene rings is 1. The molecule has 0 aromatic heterocycles. The van der Waals surface area contributed by atoms with Gasteiger partial charge in [-0.2, -0.15) is 0 Å². The Bertz CT molecular complexity index is 339. The number of ether oxygens (including phenoxy) is 2. The Hall–Kier alpha value is -1.22. The third-order valence-electron chi connectivity index (χ3n) is 2.90. The molecule has 0 aliphatic carbocycles. The zero-order chi connectivity index (χ0) is 12.7. The van der Waals surface area contributed by atoms with E-state index in [-0.39, 0.29) is 0 Å². The molecular weight excluding hydrogens is 214 g/mol. The molecule has 0 aliphatic rings. The zero-order valence-corrected chi connectivity index (χ0v) is 11.0. The predicted molar refractivity (Wildman–Crippen MR) is 71.5 cm³/mol. The van der Waals surface area contributed by atoms with Gasteiger partial charge in [-0.1, -0.05) is 19.9 Å². The summed E-state index contributed by atoms with van der Waals surface area (Å²) in [5, 5.41) is 0. The van der Waals surface area contributed by atoms with Crippen LogP contribution in [0, 0.1) is 0 Å². The van der Waals surface area contributed by atoms with Crippen molar-refractivity contribution in [1.82, 2.24) is 0 Å². The summed E-state index contributed by atoms with van der Waals surface area (Å²) in [5.74, 6) is 1.28. The zero-order valence-electron chi connectivity index (χ0n) is 11.0. The highest BCUT2D eigenvalue weighted by Gasteiger charge is 2.06. The Balaban J connectivity index is 2.57. The van der Waals surface area contributed by atoms with E-state index in [4.69, 9.17) is 15.2 Å². The molecule has 3 nitrogen and oxygen atoms in total. The van der Waals surface area contributed by atoms with Crippen LogP contribution in [0.4, 0.5) is 5.69 Å². The Labute approximate surface area is 104 Å². The van der Waals surface area contributed by atoms with Gasteiger partial charge in [-0.05, 0) is 37.0 Å². The normalized spacial score (nSPS) is 12.4. The molecule has 1 aromatic carbocycles. The molecule has 0 bridgehead atoms. The highest BCUT2D eigenvalue weighted by Crippen LogP contribution is 2.27. The van der Waals surface area contributed by atoms with Crippen LogP contribution in [0.3, 0.4) is 0 Å². The topological polar surface area (TPSA) is 44.5 Å². The van der Waals surface area contributed by atoms with Crippen LogP contribution in [0.1, 0.15) is 38.7 Å². The molecule has 1 aromatic rings. The van der Waals surface area contributed by atoms with E-state index in [0.29, 0.717) is 31.4 Å². The third kappa shape index (κ3) is 4.27. The van der Waals surface area contributed by atoms with E-state index in [1.165, 1.54) is 5.56 Å². The molecule has 0 saturated carbocycles. The van der Waals surface area contributed by atoms with Crippen LogP contribution in [-0.4, -0.2) is 19.8 Å². The van der Waals surface area contributed by atoms with Crippen LogP contribution < -0.4 is 10.5 Å². The molecule has 96 valence electrons. The summed E-state index contributed by atoms with van der Waals surface area (Å²) in [5.41, 5.74) is 7.94. The summed E-state index contributed by atoms with van der Waals surface area (Å²) < 4.78 is 10.8. The van der Waals surface area contributed by atoms with Gasteiger partial charge in [0.1, 0.15) is 12.4 Å². The number of anilines is 1. The second kappa shape index (κ2) is 7.17. The molecule has 3 heteroatoms. The average molecular weight is 237 g/mol. The lowest BCUT2D eigenvalue weighted by molar-refractivity contribution is 0.110. The van der Waals surface area contributed by atoms with Gasteiger partial charge >= 0.3 is 0 Å². The SMILES string of the molecule is CCOCCOc1ccc(C(C)CC)cc1N. The van der Waals surface area contributed by atoms with Gasteiger partial charge in [0.05, 0.1) is 12.3 Å². The first-order valence-corrected chi connectivity index (χ1v) is 6.29. The number of nitrogens with two attached hydrogens (primary N) is 1. The average Bonchev–Trinajstić information content (AvgIpc) is 2.35. The van der Waals surface area contributed by atoms with Gasteiger partial charge in [-0.3, -0.25) is 0 Å². The second-order valence-electron chi connectivity index (χ2n) is 4.15. The Morgan fingerprint density at radius 1 is 1.24 bits per heavy atom. The van der Waals surface area contributed by atoms with E-state index < -0.39 is 0 Å². The molecule has 2 N–H and O–H groups in total. The van der Waals surface area contributed by atoms with E-state index in [2.05, 4.69) is 19.9 Å². The van der Waals surface area contributed by atoms with Crippen molar-refractivity contribution in [2.24, 2.45) is 0 Å². The van der Waals surface area contributed by atoms with Crippen LogP contribution in [-0.2, 0) is 4.74 Å². The molecule has 1 rings (SSSR count). The monoisotopic (exact) mass is 237 g/mol. The first-order valence-electron chi connectivity index (χ1n) is 6.29. The van der Waals surface area contributed by atoms with Gasteiger partial charge in [0.15, 0.2) is 0 Å². The van der Waals surface area contributed by atoms with E-state index >= 15 is 0 Å². The molecule has 17 heavy (non-hydrogen) atoms. The maximum Gasteiger partial charge on any atom is 0.142 e. The Kier molecular flexibility index (Phi) is 5.84. The molecule has 0 heterocycles. The van der Waals surface area contributed by atoms with Crippen LogP contribution in [0.2, 0.25) is 0 Å². The van der Waals surface area contributed by atoms with Crippen LogP contribution in [0.25, 0.3) is 0 Å². The lowest BCUT2D eigenvalue weighted by Crippen LogP contribution is -2.07. The number of hydrogen-bond donors (Lipinski definition) is 1. The smallest absolute Gasteiger partial charge is 0.142 e. The lowest BCUT2D eigenvalue weighted by Gasteiger charge is -2.13. The summed E-state index contributed by atoms with van der Waals surface area (Å²) in [6.07, 6.45) is 1.12. The molecule has 1 unspecified atom stereocenters. The highest BCUT2D eigenvalue weighted by atomic mass is 16.5. The van der Waals surface area contributed by atoms with Crippen molar-refractivity contribution in [2.75, 3.05) is 25.6 Å². The van der Waals surface area contributed by atoms with Crippen molar-refractivity contribution in [3.8, 4) is 5.75 Å². The van der Waals surface area contributed by atoms with E-state index in [1.807, 2.05) is 19.1 Å². The van der Waals surface area contributed by atoms with Crippen LogP contribution in [0.5, 0.6) is 5.75 Å². The molecule has 0 fully saturated rings. The summed E-state index contributed by atoms with van der Waals surface area (Å²) in [4.78, 5) is 0. The first kappa shape index (κ1) is 13.8. The first-order chi connectivity index (χ1) is 8.19. The highest BCUT2D eigenvalue weighted by molar-refractivity contribution is 5.54. The molecule has 0 aliphatic heterocycles. The molecular formula is C14H23NO2. The minimum absolute atomic E-state index is 0.537. The van der Waals surface area contributed by atoms with Crippen molar-refractivity contribution >= 4 is 5.69 Å². The van der Waals surface area contributed by atoms with Crippen molar-refractivity contribution in [2.45, 2.75) is 33.1 Å². The quantitative estimate of drug-likeness (QED) is 0.585. The third-order valence-corrected chi connectivity index (χ3v) is 2.90. The summed E-state index contributed by atoms with van der Waals surface area (Å²) in [7, 11) is 0. The fraction of sp³-hybridized carbons (Fsp3) is 0.571. The van der Waals surface area contributed by atoms with Crippen molar-refractivity contribution in [1.29, 1.82) is 0 Å². The molecule has 1 atom stereocenters. The van der Waals surface area contributed by atoms with Gasteiger partial charge < -0.3 is 15.2 Å². The number of rotatable bonds is 7. The lowest BCUT2D eigenvalue weighted by atomic mass is 9.98. The molecule has 0 amide bonds. The minimum Gasteiger partial charge on any atom is -0.489 e. The summed E-state index contributed by atoms with van der Waals surface area (Å²) in [6, 6.07) is 6.04. The largest absolute Gasteiger partial charge is 0.489 e. The Morgan fingerprint density at radius 2 is 2.00 bits per heavy atom. The minimum atomic E-state index is 0.537. The van der Waals surface area contributed by atoms with Crippen molar-refractivity contribution < 1.29 is 9.47 Å².